The number of nitrogens with zero attached hydrogens (tertiary/aromatic N) is 1. The highest BCUT2D eigenvalue weighted by Gasteiger charge is 2.23. The molecule has 1 fully saturated rings. The van der Waals surface area contributed by atoms with E-state index in [-0.39, 0.29) is 24.5 Å². The summed E-state index contributed by atoms with van der Waals surface area (Å²) in [6.07, 6.45) is 6.92. The standard InChI is InChI=1S/C16H30N2O3/c1-4-13(3)18(12-11-15(19)21-5-2)16(20)17-14-9-7-6-8-10-14/h13-14H,4-12H2,1-3H3,(H,17,20). The molecule has 5 nitrogen and oxygen atoms in total. The van der Waals surface area contributed by atoms with Crippen LogP contribution in [0.2, 0.25) is 0 Å². The first kappa shape index (κ1) is 17.8. The molecule has 5 heteroatoms. The van der Waals surface area contributed by atoms with Crippen molar-refractivity contribution < 1.29 is 14.3 Å². The zero-order chi connectivity index (χ0) is 15.7. The van der Waals surface area contributed by atoms with Crippen molar-refractivity contribution in [2.24, 2.45) is 0 Å². The lowest BCUT2D eigenvalue weighted by atomic mass is 9.96. The van der Waals surface area contributed by atoms with Gasteiger partial charge in [0.2, 0.25) is 0 Å². The highest BCUT2D eigenvalue weighted by atomic mass is 16.5. The molecule has 1 aliphatic rings. The van der Waals surface area contributed by atoms with Crippen molar-refractivity contribution in [3.63, 3.8) is 0 Å². The quantitative estimate of drug-likeness (QED) is 0.735. The van der Waals surface area contributed by atoms with Crippen molar-refractivity contribution >= 4 is 12.0 Å². The summed E-state index contributed by atoms with van der Waals surface area (Å²) in [7, 11) is 0. The number of amides is 2. The van der Waals surface area contributed by atoms with Gasteiger partial charge in [0.15, 0.2) is 0 Å². The number of esters is 1. The second kappa shape index (κ2) is 9.64. The van der Waals surface area contributed by atoms with E-state index in [1.54, 1.807) is 11.8 Å². The number of hydrogen-bond donors (Lipinski definition) is 1. The SMILES string of the molecule is CCOC(=O)CCN(C(=O)NC1CCCCC1)C(C)CC. The lowest BCUT2D eigenvalue weighted by molar-refractivity contribution is -0.143. The maximum Gasteiger partial charge on any atom is 0.317 e. The van der Waals surface area contributed by atoms with E-state index >= 15 is 0 Å². The van der Waals surface area contributed by atoms with Crippen LogP contribution >= 0.6 is 0 Å². The Hall–Kier alpha value is -1.26. The molecule has 0 aromatic rings. The van der Waals surface area contributed by atoms with Gasteiger partial charge in [0, 0.05) is 18.6 Å². The summed E-state index contributed by atoms with van der Waals surface area (Å²) in [4.78, 5) is 25.7. The third kappa shape index (κ3) is 6.36. The molecule has 0 heterocycles. The first-order valence-electron chi connectivity index (χ1n) is 8.31. The molecule has 0 saturated heterocycles. The van der Waals surface area contributed by atoms with Crippen molar-refractivity contribution in [3.05, 3.63) is 0 Å². The highest BCUT2D eigenvalue weighted by Crippen LogP contribution is 2.18. The first-order chi connectivity index (χ1) is 10.1. The topological polar surface area (TPSA) is 58.6 Å². The van der Waals surface area contributed by atoms with Crippen LogP contribution in [0.3, 0.4) is 0 Å². The van der Waals surface area contributed by atoms with Gasteiger partial charge in [0.05, 0.1) is 13.0 Å². The summed E-state index contributed by atoms with van der Waals surface area (Å²) in [6, 6.07) is 0.379. The third-order valence-electron chi connectivity index (χ3n) is 4.18. The second-order valence-corrected chi connectivity index (χ2v) is 5.79. The molecule has 1 aliphatic carbocycles. The Labute approximate surface area is 128 Å². The van der Waals surface area contributed by atoms with E-state index in [1.165, 1.54) is 19.3 Å². The van der Waals surface area contributed by atoms with Gasteiger partial charge in [-0.1, -0.05) is 26.2 Å². The smallest absolute Gasteiger partial charge is 0.317 e. The van der Waals surface area contributed by atoms with Crippen LogP contribution in [0.25, 0.3) is 0 Å². The Morgan fingerprint density at radius 3 is 2.48 bits per heavy atom. The minimum Gasteiger partial charge on any atom is -0.466 e. The molecule has 122 valence electrons. The largest absolute Gasteiger partial charge is 0.466 e. The molecule has 0 aromatic heterocycles. The van der Waals surface area contributed by atoms with Crippen molar-refractivity contribution in [2.75, 3.05) is 13.2 Å². The van der Waals surface area contributed by atoms with E-state index in [0.29, 0.717) is 19.2 Å². The molecule has 0 aromatic carbocycles. The van der Waals surface area contributed by atoms with E-state index in [9.17, 15) is 9.59 Å². The molecular weight excluding hydrogens is 268 g/mol. The number of carbonyl (C=O) groups excluding carboxylic acids is 2. The zero-order valence-corrected chi connectivity index (χ0v) is 13.7. The minimum atomic E-state index is -0.240. The van der Waals surface area contributed by atoms with Gasteiger partial charge in [0.25, 0.3) is 0 Å². The van der Waals surface area contributed by atoms with Crippen molar-refractivity contribution in [1.82, 2.24) is 10.2 Å². The van der Waals surface area contributed by atoms with Crippen LogP contribution < -0.4 is 5.32 Å². The summed E-state index contributed by atoms with van der Waals surface area (Å²) in [5, 5.41) is 3.12. The lowest BCUT2D eigenvalue weighted by Gasteiger charge is -2.31. The van der Waals surface area contributed by atoms with Crippen LogP contribution in [0.5, 0.6) is 0 Å². The number of carbonyl (C=O) groups is 2. The van der Waals surface area contributed by atoms with Gasteiger partial charge >= 0.3 is 12.0 Å². The molecule has 0 aliphatic heterocycles. The molecule has 1 unspecified atom stereocenters. The number of nitrogens with one attached hydrogen (secondary N) is 1. The average Bonchev–Trinajstić information content (AvgIpc) is 2.48. The second-order valence-electron chi connectivity index (χ2n) is 5.79. The summed E-state index contributed by atoms with van der Waals surface area (Å²) in [5.41, 5.74) is 0. The van der Waals surface area contributed by atoms with E-state index in [2.05, 4.69) is 12.2 Å². The molecule has 0 spiro atoms. The van der Waals surface area contributed by atoms with Crippen molar-refractivity contribution in [2.45, 2.75) is 77.8 Å². The number of ether oxygens (including phenoxy) is 1. The first-order valence-corrected chi connectivity index (χ1v) is 8.31. The maximum atomic E-state index is 12.4. The number of urea groups is 1. The molecule has 0 bridgehead atoms. The van der Waals surface area contributed by atoms with Gasteiger partial charge in [-0.15, -0.1) is 0 Å². The van der Waals surface area contributed by atoms with E-state index in [4.69, 9.17) is 4.74 Å². The molecule has 1 rings (SSSR count). The number of rotatable bonds is 7. The Kier molecular flexibility index (Phi) is 8.16. The van der Waals surface area contributed by atoms with Crippen LogP contribution in [-0.2, 0) is 9.53 Å². The number of hydrogen-bond acceptors (Lipinski definition) is 3. The highest BCUT2D eigenvalue weighted by molar-refractivity contribution is 5.76. The Balaban J connectivity index is 2.50. The van der Waals surface area contributed by atoms with Crippen LogP contribution in [0.15, 0.2) is 0 Å². The van der Waals surface area contributed by atoms with E-state index in [1.807, 2.05) is 6.92 Å². The normalized spacial score (nSPS) is 17.1. The third-order valence-corrected chi connectivity index (χ3v) is 4.18. The monoisotopic (exact) mass is 298 g/mol. The van der Waals surface area contributed by atoms with Crippen molar-refractivity contribution in [1.29, 1.82) is 0 Å². The van der Waals surface area contributed by atoms with Gasteiger partial charge in [-0.05, 0) is 33.1 Å². The zero-order valence-electron chi connectivity index (χ0n) is 13.7. The van der Waals surface area contributed by atoms with Crippen molar-refractivity contribution in [3.8, 4) is 0 Å². The molecule has 2 amide bonds. The fourth-order valence-corrected chi connectivity index (χ4v) is 2.69. The van der Waals surface area contributed by atoms with Crippen LogP contribution in [0.1, 0.15) is 65.7 Å². The summed E-state index contributed by atoms with van der Waals surface area (Å²) in [6.45, 7) is 6.67. The van der Waals surface area contributed by atoms with Gasteiger partial charge in [-0.3, -0.25) is 4.79 Å². The predicted molar refractivity (Wildman–Crippen MR) is 83.1 cm³/mol. The Bertz CT molecular complexity index is 327. The van der Waals surface area contributed by atoms with Crippen LogP contribution in [0.4, 0.5) is 4.79 Å². The Morgan fingerprint density at radius 2 is 1.90 bits per heavy atom. The predicted octanol–water partition coefficient (Wildman–Crippen LogP) is 3.08. The van der Waals surface area contributed by atoms with E-state index in [0.717, 1.165) is 19.3 Å². The van der Waals surface area contributed by atoms with Crippen LogP contribution in [0, 0.1) is 0 Å². The molecule has 1 N–H and O–H groups in total. The minimum absolute atomic E-state index is 0.0412. The Morgan fingerprint density at radius 1 is 1.24 bits per heavy atom. The van der Waals surface area contributed by atoms with Gasteiger partial charge in [0.1, 0.15) is 0 Å². The fourth-order valence-electron chi connectivity index (χ4n) is 2.69. The average molecular weight is 298 g/mol. The van der Waals surface area contributed by atoms with Gasteiger partial charge in [-0.2, -0.15) is 0 Å². The van der Waals surface area contributed by atoms with Crippen LogP contribution in [-0.4, -0.2) is 42.1 Å². The summed E-state index contributed by atoms with van der Waals surface area (Å²) < 4.78 is 4.94. The van der Waals surface area contributed by atoms with Gasteiger partial charge in [-0.25, -0.2) is 4.79 Å². The fraction of sp³-hybridized carbons (Fsp3) is 0.875. The molecule has 1 saturated carbocycles. The molecule has 0 radical (unpaired) electrons. The van der Waals surface area contributed by atoms with Gasteiger partial charge < -0.3 is 15.0 Å². The molecule has 1 atom stereocenters. The molecular formula is C16H30N2O3. The summed E-state index contributed by atoms with van der Waals surface area (Å²) in [5.74, 6) is -0.240. The maximum absolute atomic E-state index is 12.4. The lowest BCUT2D eigenvalue weighted by Crippen LogP contribution is -2.49. The summed E-state index contributed by atoms with van der Waals surface area (Å²) >= 11 is 0. The van der Waals surface area contributed by atoms with E-state index < -0.39 is 0 Å². The molecule has 21 heavy (non-hydrogen) atoms.